The van der Waals surface area contributed by atoms with Crippen LogP contribution in [0.5, 0.6) is 0 Å². The van der Waals surface area contributed by atoms with Crippen molar-refractivity contribution in [1.29, 1.82) is 0 Å². The fourth-order valence-corrected chi connectivity index (χ4v) is 2.42. The van der Waals surface area contributed by atoms with Gasteiger partial charge in [0.1, 0.15) is 0 Å². The fourth-order valence-electron chi connectivity index (χ4n) is 2.42. The molecule has 2 aliphatic rings. The predicted molar refractivity (Wildman–Crippen MR) is 42.5 cm³/mol. The Bertz CT molecular complexity index is 149. The van der Waals surface area contributed by atoms with E-state index in [9.17, 15) is 5.21 Å². The second kappa shape index (κ2) is 2.73. The van der Waals surface area contributed by atoms with E-state index in [1.807, 2.05) is 0 Å². The largest absolute Gasteiger partial charge is 0.314 e. The molecule has 0 saturated carbocycles. The number of nitrogens with zero attached hydrogens (tertiary/aromatic N) is 1. The number of hydroxylamine groups is 2. The van der Waals surface area contributed by atoms with Gasteiger partial charge in [0.25, 0.3) is 0 Å². The molecule has 2 saturated heterocycles. The van der Waals surface area contributed by atoms with E-state index in [1.165, 1.54) is 5.06 Å². The van der Waals surface area contributed by atoms with E-state index in [0.717, 1.165) is 25.9 Å². The van der Waals surface area contributed by atoms with Crippen LogP contribution in [0.25, 0.3) is 0 Å². The highest BCUT2D eigenvalue weighted by Gasteiger charge is 2.38. The van der Waals surface area contributed by atoms with E-state index in [-0.39, 0.29) is 0 Å². The van der Waals surface area contributed by atoms with Gasteiger partial charge in [-0.15, -0.1) is 0 Å². The van der Waals surface area contributed by atoms with Crippen LogP contribution in [0.15, 0.2) is 0 Å². The van der Waals surface area contributed by atoms with Gasteiger partial charge >= 0.3 is 0 Å². The SMILES string of the molecule is CC1NCCC2C1CCN2O. The molecule has 3 nitrogen and oxygen atoms in total. The smallest absolute Gasteiger partial charge is 0.0405 e. The summed E-state index contributed by atoms with van der Waals surface area (Å²) in [6, 6.07) is 1.03. The van der Waals surface area contributed by atoms with Gasteiger partial charge in [-0.1, -0.05) is 0 Å². The molecule has 2 rings (SSSR count). The van der Waals surface area contributed by atoms with E-state index in [1.54, 1.807) is 0 Å². The summed E-state index contributed by atoms with van der Waals surface area (Å²) < 4.78 is 0. The molecule has 0 aromatic carbocycles. The van der Waals surface area contributed by atoms with Gasteiger partial charge in [-0.3, -0.25) is 0 Å². The Labute approximate surface area is 67.3 Å². The standard InChI is InChI=1S/C8H16N2O/c1-6-7-3-5-10(11)8(7)2-4-9-6/h6-9,11H,2-5H2,1H3. The third-order valence-electron chi connectivity index (χ3n) is 3.12. The average Bonchev–Trinajstić information content (AvgIpc) is 2.35. The van der Waals surface area contributed by atoms with Crippen molar-refractivity contribution in [1.82, 2.24) is 10.4 Å². The normalized spacial score (nSPS) is 45.8. The monoisotopic (exact) mass is 156 g/mol. The summed E-state index contributed by atoms with van der Waals surface area (Å²) in [5.41, 5.74) is 0. The Hall–Kier alpha value is -0.120. The van der Waals surface area contributed by atoms with Crippen LogP contribution in [-0.2, 0) is 0 Å². The van der Waals surface area contributed by atoms with E-state index in [4.69, 9.17) is 0 Å². The molecule has 0 radical (unpaired) electrons. The van der Waals surface area contributed by atoms with Crippen molar-refractivity contribution in [2.75, 3.05) is 13.1 Å². The molecule has 0 aromatic rings. The molecule has 3 heteroatoms. The van der Waals surface area contributed by atoms with Gasteiger partial charge < -0.3 is 10.5 Å². The Morgan fingerprint density at radius 3 is 3.00 bits per heavy atom. The van der Waals surface area contributed by atoms with E-state index >= 15 is 0 Å². The van der Waals surface area contributed by atoms with Crippen molar-refractivity contribution < 1.29 is 5.21 Å². The maximum atomic E-state index is 9.45. The van der Waals surface area contributed by atoms with Crippen molar-refractivity contribution in [3.63, 3.8) is 0 Å². The van der Waals surface area contributed by atoms with Crippen molar-refractivity contribution in [2.24, 2.45) is 5.92 Å². The second-order valence-corrected chi connectivity index (χ2v) is 3.71. The van der Waals surface area contributed by atoms with Crippen LogP contribution >= 0.6 is 0 Å². The lowest BCUT2D eigenvalue weighted by atomic mass is 9.88. The number of fused-ring (bicyclic) bond motifs is 1. The predicted octanol–water partition coefficient (Wildman–Crippen LogP) is 0.448. The van der Waals surface area contributed by atoms with Crippen LogP contribution in [-0.4, -0.2) is 35.4 Å². The van der Waals surface area contributed by atoms with Gasteiger partial charge in [0.05, 0.1) is 0 Å². The first-order valence-corrected chi connectivity index (χ1v) is 4.48. The summed E-state index contributed by atoms with van der Waals surface area (Å²) in [4.78, 5) is 0. The molecular formula is C8H16N2O. The summed E-state index contributed by atoms with van der Waals surface area (Å²) in [7, 11) is 0. The van der Waals surface area contributed by atoms with E-state index in [2.05, 4.69) is 12.2 Å². The summed E-state index contributed by atoms with van der Waals surface area (Å²) in [5, 5.41) is 14.4. The maximum absolute atomic E-state index is 9.45. The topological polar surface area (TPSA) is 35.5 Å². The first-order valence-electron chi connectivity index (χ1n) is 4.48. The summed E-state index contributed by atoms with van der Waals surface area (Å²) in [5.74, 6) is 0.675. The van der Waals surface area contributed by atoms with E-state index in [0.29, 0.717) is 18.0 Å². The molecule has 2 aliphatic heterocycles. The van der Waals surface area contributed by atoms with Crippen molar-refractivity contribution in [3.05, 3.63) is 0 Å². The maximum Gasteiger partial charge on any atom is 0.0405 e. The van der Waals surface area contributed by atoms with Gasteiger partial charge in [0.15, 0.2) is 0 Å². The highest BCUT2D eigenvalue weighted by molar-refractivity contribution is 4.92. The number of piperidine rings is 1. The quantitative estimate of drug-likeness (QED) is 0.534. The van der Waals surface area contributed by atoms with Crippen LogP contribution < -0.4 is 5.32 Å². The lowest BCUT2D eigenvalue weighted by Gasteiger charge is -2.33. The van der Waals surface area contributed by atoms with Gasteiger partial charge in [-0.2, -0.15) is 5.06 Å². The fraction of sp³-hybridized carbons (Fsp3) is 1.00. The summed E-state index contributed by atoms with van der Waals surface area (Å²) in [6.07, 6.45) is 2.25. The molecule has 0 aromatic heterocycles. The molecular weight excluding hydrogens is 140 g/mol. The van der Waals surface area contributed by atoms with Crippen LogP contribution in [0.2, 0.25) is 0 Å². The van der Waals surface area contributed by atoms with Crippen molar-refractivity contribution in [2.45, 2.75) is 31.8 Å². The third-order valence-corrected chi connectivity index (χ3v) is 3.12. The van der Waals surface area contributed by atoms with Crippen molar-refractivity contribution in [3.8, 4) is 0 Å². The number of hydrogen-bond acceptors (Lipinski definition) is 3. The molecule has 0 spiro atoms. The minimum absolute atomic E-state index is 0.436. The van der Waals surface area contributed by atoms with Crippen molar-refractivity contribution >= 4 is 0 Å². The molecule has 2 N–H and O–H groups in total. The van der Waals surface area contributed by atoms with Crippen LogP contribution in [0, 0.1) is 5.92 Å². The highest BCUT2D eigenvalue weighted by atomic mass is 16.5. The molecule has 11 heavy (non-hydrogen) atoms. The lowest BCUT2D eigenvalue weighted by molar-refractivity contribution is -0.115. The number of nitrogens with one attached hydrogen (secondary N) is 1. The molecule has 0 amide bonds. The van der Waals surface area contributed by atoms with Crippen LogP contribution in [0.1, 0.15) is 19.8 Å². The first-order chi connectivity index (χ1) is 5.29. The molecule has 64 valence electrons. The zero-order valence-electron chi connectivity index (χ0n) is 6.95. The Balaban J connectivity index is 2.07. The molecule has 2 fully saturated rings. The Morgan fingerprint density at radius 1 is 1.45 bits per heavy atom. The van der Waals surface area contributed by atoms with Crippen LogP contribution in [0.3, 0.4) is 0 Å². The minimum Gasteiger partial charge on any atom is -0.314 e. The molecule has 3 unspecified atom stereocenters. The average molecular weight is 156 g/mol. The van der Waals surface area contributed by atoms with Gasteiger partial charge in [-0.05, 0) is 32.2 Å². The van der Waals surface area contributed by atoms with E-state index < -0.39 is 0 Å². The van der Waals surface area contributed by atoms with Gasteiger partial charge in [-0.25, -0.2) is 0 Å². The Kier molecular flexibility index (Phi) is 1.87. The highest BCUT2D eigenvalue weighted by Crippen LogP contribution is 2.30. The number of hydrogen-bond donors (Lipinski definition) is 2. The van der Waals surface area contributed by atoms with Gasteiger partial charge in [0.2, 0.25) is 0 Å². The van der Waals surface area contributed by atoms with Crippen LogP contribution in [0.4, 0.5) is 0 Å². The zero-order chi connectivity index (χ0) is 7.84. The second-order valence-electron chi connectivity index (χ2n) is 3.71. The summed E-state index contributed by atoms with van der Waals surface area (Å²) >= 11 is 0. The number of rotatable bonds is 0. The Morgan fingerprint density at radius 2 is 2.27 bits per heavy atom. The third kappa shape index (κ3) is 1.17. The molecule has 0 bridgehead atoms. The summed E-state index contributed by atoms with van der Waals surface area (Å²) in [6.45, 7) is 4.14. The zero-order valence-corrected chi connectivity index (χ0v) is 6.95. The first kappa shape index (κ1) is 7.53. The molecule has 2 heterocycles. The molecule has 3 atom stereocenters. The lowest BCUT2D eigenvalue weighted by Crippen LogP contribution is -2.48. The minimum atomic E-state index is 0.436. The molecule has 0 aliphatic carbocycles. The van der Waals surface area contributed by atoms with Gasteiger partial charge in [0, 0.05) is 18.6 Å².